The highest BCUT2D eigenvalue weighted by Crippen LogP contribution is 2.32. The van der Waals surface area contributed by atoms with Gasteiger partial charge in [-0.25, -0.2) is 0 Å². The minimum atomic E-state index is 0.0576. The van der Waals surface area contributed by atoms with E-state index in [0.717, 1.165) is 6.42 Å². The van der Waals surface area contributed by atoms with Crippen LogP contribution in [0.3, 0.4) is 0 Å². The lowest BCUT2D eigenvalue weighted by molar-refractivity contribution is -0.141. The molecule has 2 fully saturated rings. The van der Waals surface area contributed by atoms with Gasteiger partial charge in [0, 0.05) is 24.3 Å². The summed E-state index contributed by atoms with van der Waals surface area (Å²) in [5, 5.41) is 0.575. The molecule has 2 unspecified atom stereocenters. The maximum absolute atomic E-state index is 11.9. The van der Waals surface area contributed by atoms with E-state index in [1.165, 1.54) is 19.3 Å². The molecule has 0 aromatic heterocycles. The molecule has 0 aromatic carbocycles. The molecule has 1 aliphatic carbocycles. The molecule has 90 valence electrons. The van der Waals surface area contributed by atoms with Gasteiger partial charge in [0.25, 0.3) is 0 Å². The molecule has 1 amide bonds. The lowest BCUT2D eigenvalue weighted by Gasteiger charge is -2.40. The molecule has 2 atom stereocenters. The van der Waals surface area contributed by atoms with Gasteiger partial charge in [-0.3, -0.25) is 9.59 Å². The molecule has 1 saturated heterocycles. The molecule has 0 spiro atoms. The number of Topliss-reactive ketones (excluding diaryl/α,β-unsaturated/α-hetero) is 1. The maximum atomic E-state index is 11.9. The number of thioether (sulfide) groups is 1. The second kappa shape index (κ2) is 5.21. The number of ketones is 1. The van der Waals surface area contributed by atoms with Crippen molar-refractivity contribution in [2.24, 2.45) is 0 Å². The number of piperidine rings is 1. The minimum absolute atomic E-state index is 0.0576. The second-order valence-corrected chi connectivity index (χ2v) is 5.76. The van der Waals surface area contributed by atoms with Gasteiger partial charge in [-0.05, 0) is 19.1 Å². The van der Waals surface area contributed by atoms with E-state index in [9.17, 15) is 9.59 Å². The van der Waals surface area contributed by atoms with Crippen molar-refractivity contribution in [3.05, 3.63) is 0 Å². The van der Waals surface area contributed by atoms with Crippen molar-refractivity contribution < 1.29 is 9.59 Å². The van der Waals surface area contributed by atoms with Gasteiger partial charge in [0.05, 0.1) is 6.42 Å². The van der Waals surface area contributed by atoms with Crippen LogP contribution in [-0.2, 0) is 9.59 Å². The van der Waals surface area contributed by atoms with Crippen molar-refractivity contribution in [1.29, 1.82) is 0 Å². The first kappa shape index (κ1) is 12.0. The van der Waals surface area contributed by atoms with Crippen LogP contribution in [-0.4, -0.2) is 40.7 Å². The van der Waals surface area contributed by atoms with Crippen molar-refractivity contribution in [3.8, 4) is 0 Å². The molecule has 0 aromatic rings. The van der Waals surface area contributed by atoms with Crippen LogP contribution in [0.4, 0.5) is 0 Å². The Bertz CT molecular complexity index is 293. The zero-order valence-corrected chi connectivity index (χ0v) is 10.6. The minimum Gasteiger partial charge on any atom is -0.338 e. The standard InChI is InChI=1S/C12H19NO2S/c1-16-11-5-3-2-4-10(11)13-7-6-9(14)8-12(13)15/h10-11H,2-8H2,1H3. The van der Waals surface area contributed by atoms with Crippen LogP contribution in [0.5, 0.6) is 0 Å². The maximum Gasteiger partial charge on any atom is 0.230 e. The smallest absolute Gasteiger partial charge is 0.230 e. The number of rotatable bonds is 2. The van der Waals surface area contributed by atoms with Gasteiger partial charge in [-0.15, -0.1) is 0 Å². The van der Waals surface area contributed by atoms with Crippen molar-refractivity contribution in [3.63, 3.8) is 0 Å². The molecule has 4 heteroatoms. The van der Waals surface area contributed by atoms with Crippen LogP contribution >= 0.6 is 11.8 Å². The van der Waals surface area contributed by atoms with Crippen molar-refractivity contribution in [2.75, 3.05) is 12.8 Å². The Kier molecular flexibility index (Phi) is 3.90. The Labute approximate surface area is 101 Å². The van der Waals surface area contributed by atoms with Crippen LogP contribution < -0.4 is 0 Å². The zero-order chi connectivity index (χ0) is 11.5. The van der Waals surface area contributed by atoms with E-state index in [1.54, 1.807) is 0 Å². The normalized spacial score (nSPS) is 31.9. The van der Waals surface area contributed by atoms with Crippen molar-refractivity contribution in [2.45, 2.75) is 49.8 Å². The number of amides is 1. The highest BCUT2D eigenvalue weighted by molar-refractivity contribution is 7.99. The van der Waals surface area contributed by atoms with Crippen LogP contribution in [0, 0.1) is 0 Å². The summed E-state index contributed by atoms with van der Waals surface area (Å²) in [5.74, 6) is 0.167. The molecule has 3 nitrogen and oxygen atoms in total. The Morgan fingerprint density at radius 3 is 2.69 bits per heavy atom. The van der Waals surface area contributed by atoms with E-state index < -0.39 is 0 Å². The van der Waals surface area contributed by atoms with Gasteiger partial charge >= 0.3 is 0 Å². The lowest BCUT2D eigenvalue weighted by atomic mass is 9.92. The molecular weight excluding hydrogens is 222 g/mol. The second-order valence-electron chi connectivity index (χ2n) is 4.68. The van der Waals surface area contributed by atoms with Gasteiger partial charge in [-0.1, -0.05) is 12.8 Å². The quantitative estimate of drug-likeness (QED) is 0.692. The lowest BCUT2D eigenvalue weighted by Crippen LogP contribution is -2.50. The SMILES string of the molecule is CSC1CCCCC1N1CCC(=O)CC1=O. The number of nitrogens with zero attached hydrogens (tertiary/aromatic N) is 1. The summed E-state index contributed by atoms with van der Waals surface area (Å²) in [4.78, 5) is 25.0. The summed E-state index contributed by atoms with van der Waals surface area (Å²) in [6.07, 6.45) is 7.65. The first-order chi connectivity index (χ1) is 7.72. The monoisotopic (exact) mass is 241 g/mol. The molecule has 2 rings (SSSR count). The Morgan fingerprint density at radius 2 is 2.00 bits per heavy atom. The first-order valence-electron chi connectivity index (χ1n) is 6.06. The van der Waals surface area contributed by atoms with Gasteiger partial charge in [0.15, 0.2) is 0 Å². The first-order valence-corrected chi connectivity index (χ1v) is 7.35. The number of hydrogen-bond acceptors (Lipinski definition) is 3. The fraction of sp³-hybridized carbons (Fsp3) is 0.833. The fourth-order valence-electron chi connectivity index (χ4n) is 2.79. The Balaban J connectivity index is 2.04. The summed E-state index contributed by atoms with van der Waals surface area (Å²) in [6, 6.07) is 0.379. The van der Waals surface area contributed by atoms with Gasteiger partial charge in [0.2, 0.25) is 5.91 Å². The molecule has 0 radical (unpaired) electrons. The number of carbonyl (C=O) groups excluding carboxylic acids is 2. The van der Waals surface area contributed by atoms with Crippen LogP contribution in [0.25, 0.3) is 0 Å². The largest absolute Gasteiger partial charge is 0.338 e. The third-order valence-corrected chi connectivity index (χ3v) is 4.83. The highest BCUT2D eigenvalue weighted by Gasteiger charge is 2.35. The molecular formula is C12H19NO2S. The third kappa shape index (κ3) is 2.42. The fourth-order valence-corrected chi connectivity index (χ4v) is 3.79. The summed E-state index contributed by atoms with van der Waals surface area (Å²) < 4.78 is 0. The predicted molar refractivity (Wildman–Crippen MR) is 65.5 cm³/mol. The van der Waals surface area contributed by atoms with Crippen LogP contribution in [0.2, 0.25) is 0 Å². The topological polar surface area (TPSA) is 37.4 Å². The van der Waals surface area contributed by atoms with E-state index in [-0.39, 0.29) is 18.1 Å². The van der Waals surface area contributed by atoms with E-state index in [2.05, 4.69) is 6.26 Å². The Morgan fingerprint density at radius 1 is 1.25 bits per heavy atom. The molecule has 2 aliphatic rings. The van der Waals surface area contributed by atoms with Gasteiger partial charge in [-0.2, -0.15) is 11.8 Å². The molecule has 0 N–H and O–H groups in total. The van der Waals surface area contributed by atoms with Gasteiger partial charge in [0.1, 0.15) is 5.78 Å². The van der Waals surface area contributed by atoms with E-state index in [4.69, 9.17) is 0 Å². The van der Waals surface area contributed by atoms with Crippen molar-refractivity contribution >= 4 is 23.5 Å². The Hall–Kier alpha value is -0.510. The number of hydrogen-bond donors (Lipinski definition) is 0. The van der Waals surface area contributed by atoms with Crippen LogP contribution in [0.15, 0.2) is 0 Å². The average Bonchev–Trinajstić information content (AvgIpc) is 2.29. The summed E-state index contributed by atoms with van der Waals surface area (Å²) in [5.41, 5.74) is 0. The number of carbonyl (C=O) groups is 2. The molecule has 1 saturated carbocycles. The van der Waals surface area contributed by atoms with Crippen LogP contribution in [0.1, 0.15) is 38.5 Å². The van der Waals surface area contributed by atoms with Crippen molar-refractivity contribution in [1.82, 2.24) is 4.90 Å². The molecule has 1 heterocycles. The summed E-state index contributed by atoms with van der Waals surface area (Å²) in [7, 11) is 0. The predicted octanol–water partition coefficient (Wildman–Crippen LogP) is 1.85. The summed E-state index contributed by atoms with van der Waals surface area (Å²) >= 11 is 1.87. The molecule has 0 bridgehead atoms. The van der Waals surface area contributed by atoms with Gasteiger partial charge < -0.3 is 4.90 Å². The molecule has 16 heavy (non-hydrogen) atoms. The average molecular weight is 241 g/mol. The summed E-state index contributed by atoms with van der Waals surface area (Å²) in [6.45, 7) is 0.652. The van der Waals surface area contributed by atoms with E-state index >= 15 is 0 Å². The number of likely N-dealkylation sites (tertiary alicyclic amines) is 1. The van der Waals surface area contributed by atoms with E-state index in [1.807, 2.05) is 16.7 Å². The van der Waals surface area contributed by atoms with E-state index in [0.29, 0.717) is 24.3 Å². The molecule has 1 aliphatic heterocycles. The third-order valence-electron chi connectivity index (χ3n) is 3.67. The highest BCUT2D eigenvalue weighted by atomic mass is 32.2. The zero-order valence-electron chi connectivity index (χ0n) is 9.78.